The molecule has 0 saturated heterocycles. The predicted octanol–water partition coefficient (Wildman–Crippen LogP) is 4.95. The SMILES string of the molecule is Cc1cc2c(cc1C)N(CC(=O)Nc1ccc(F)c(Cl)c1)C(=O)[C@@H]1CCCC1=N2. The van der Waals surface area contributed by atoms with Gasteiger partial charge >= 0.3 is 0 Å². The summed E-state index contributed by atoms with van der Waals surface area (Å²) in [5, 5.41) is 2.62. The summed E-state index contributed by atoms with van der Waals surface area (Å²) in [7, 11) is 0. The Bertz CT molecular complexity index is 1050. The fourth-order valence-corrected chi connectivity index (χ4v) is 4.04. The van der Waals surface area contributed by atoms with E-state index in [9.17, 15) is 14.0 Å². The molecule has 4 rings (SSSR count). The van der Waals surface area contributed by atoms with Crippen molar-refractivity contribution >= 4 is 46.2 Å². The molecule has 0 aromatic heterocycles. The Morgan fingerprint density at radius 1 is 1.28 bits per heavy atom. The largest absolute Gasteiger partial charge is 0.324 e. The molecular formula is C22H21ClFN3O2. The molecule has 29 heavy (non-hydrogen) atoms. The second kappa shape index (κ2) is 7.59. The fraction of sp³-hybridized carbons (Fsp3) is 0.318. The lowest BCUT2D eigenvalue weighted by Gasteiger charge is -2.25. The van der Waals surface area contributed by atoms with Crippen LogP contribution in [0.4, 0.5) is 21.5 Å². The van der Waals surface area contributed by atoms with Gasteiger partial charge in [0.05, 0.1) is 22.3 Å². The third-order valence-electron chi connectivity index (χ3n) is 5.54. The number of aryl methyl sites for hydroxylation is 2. The molecule has 0 unspecified atom stereocenters. The number of nitrogens with zero attached hydrogens (tertiary/aromatic N) is 2. The number of nitrogens with one attached hydrogen (secondary N) is 1. The molecule has 2 aliphatic rings. The Hall–Kier alpha value is -2.73. The van der Waals surface area contributed by atoms with Crippen LogP contribution in [0.25, 0.3) is 0 Å². The van der Waals surface area contributed by atoms with Crippen molar-refractivity contribution in [2.75, 3.05) is 16.8 Å². The van der Waals surface area contributed by atoms with E-state index < -0.39 is 5.82 Å². The van der Waals surface area contributed by atoms with E-state index in [1.807, 2.05) is 26.0 Å². The highest BCUT2D eigenvalue weighted by atomic mass is 35.5. The van der Waals surface area contributed by atoms with Crippen molar-refractivity contribution in [1.82, 2.24) is 0 Å². The molecule has 0 spiro atoms. The van der Waals surface area contributed by atoms with E-state index in [0.29, 0.717) is 11.4 Å². The van der Waals surface area contributed by atoms with Crippen LogP contribution in [0.1, 0.15) is 30.4 Å². The van der Waals surface area contributed by atoms with Gasteiger partial charge in [0, 0.05) is 11.4 Å². The molecule has 1 aliphatic heterocycles. The number of rotatable bonds is 3. The first-order valence-corrected chi connectivity index (χ1v) is 9.96. The Balaban J connectivity index is 1.65. The van der Waals surface area contributed by atoms with Crippen LogP contribution in [0.3, 0.4) is 0 Å². The summed E-state index contributed by atoms with van der Waals surface area (Å²) < 4.78 is 13.4. The number of hydrogen-bond acceptors (Lipinski definition) is 3. The quantitative estimate of drug-likeness (QED) is 0.773. The molecule has 1 saturated carbocycles. The van der Waals surface area contributed by atoms with Gasteiger partial charge in [-0.25, -0.2) is 4.39 Å². The zero-order valence-electron chi connectivity index (χ0n) is 16.3. The summed E-state index contributed by atoms with van der Waals surface area (Å²) in [5.41, 5.74) is 4.75. The van der Waals surface area contributed by atoms with Crippen LogP contribution >= 0.6 is 11.6 Å². The summed E-state index contributed by atoms with van der Waals surface area (Å²) in [6.07, 6.45) is 2.47. The summed E-state index contributed by atoms with van der Waals surface area (Å²) in [6, 6.07) is 7.85. The fourth-order valence-electron chi connectivity index (χ4n) is 3.86. The number of aliphatic imine (C=N–C) groups is 1. The lowest BCUT2D eigenvalue weighted by atomic mass is 10.0. The van der Waals surface area contributed by atoms with Gasteiger partial charge < -0.3 is 10.2 Å². The van der Waals surface area contributed by atoms with Crippen LogP contribution in [0, 0.1) is 25.6 Å². The van der Waals surface area contributed by atoms with Crippen molar-refractivity contribution in [3.63, 3.8) is 0 Å². The zero-order chi connectivity index (χ0) is 20.7. The van der Waals surface area contributed by atoms with Crippen molar-refractivity contribution in [3.05, 3.63) is 52.3 Å². The zero-order valence-corrected chi connectivity index (χ0v) is 17.0. The van der Waals surface area contributed by atoms with Crippen molar-refractivity contribution < 1.29 is 14.0 Å². The van der Waals surface area contributed by atoms with Gasteiger partial charge in [0.15, 0.2) is 0 Å². The van der Waals surface area contributed by atoms with Crippen LogP contribution in [0.5, 0.6) is 0 Å². The molecule has 5 nitrogen and oxygen atoms in total. The molecule has 2 aromatic rings. The standard InChI is InChI=1S/C22H21ClFN3O2/c1-12-8-19-20(9-13(12)2)27(22(29)15-4-3-5-18(15)26-19)11-21(28)25-14-6-7-17(24)16(23)10-14/h6-10,15H,3-5,11H2,1-2H3,(H,25,28)/t15-/m1/s1. The monoisotopic (exact) mass is 413 g/mol. The number of anilines is 2. The molecule has 1 heterocycles. The number of amides is 2. The van der Waals surface area contributed by atoms with E-state index in [4.69, 9.17) is 16.6 Å². The van der Waals surface area contributed by atoms with Crippen LogP contribution in [0.15, 0.2) is 35.3 Å². The Labute approximate surface area is 173 Å². The van der Waals surface area contributed by atoms with Gasteiger partial charge in [-0.15, -0.1) is 0 Å². The van der Waals surface area contributed by atoms with E-state index >= 15 is 0 Å². The molecule has 1 N–H and O–H groups in total. The van der Waals surface area contributed by atoms with Gasteiger partial charge in [0.2, 0.25) is 11.8 Å². The van der Waals surface area contributed by atoms with E-state index in [-0.39, 0.29) is 29.3 Å². The van der Waals surface area contributed by atoms with Gasteiger partial charge in [-0.3, -0.25) is 14.6 Å². The number of carbonyl (C=O) groups is 2. The highest BCUT2D eigenvalue weighted by Gasteiger charge is 2.37. The number of carbonyl (C=O) groups excluding carboxylic acids is 2. The van der Waals surface area contributed by atoms with Gasteiger partial charge in [0.25, 0.3) is 0 Å². The molecule has 1 fully saturated rings. The van der Waals surface area contributed by atoms with E-state index in [1.54, 1.807) is 0 Å². The second-order valence-corrected chi connectivity index (χ2v) is 7.98. The van der Waals surface area contributed by atoms with Crippen LogP contribution in [-0.2, 0) is 9.59 Å². The smallest absolute Gasteiger partial charge is 0.244 e. The molecule has 1 aliphatic carbocycles. The summed E-state index contributed by atoms with van der Waals surface area (Å²) in [5.74, 6) is -1.32. The average Bonchev–Trinajstić information content (AvgIpc) is 3.10. The summed E-state index contributed by atoms with van der Waals surface area (Å²) in [6.45, 7) is 3.82. The molecule has 0 bridgehead atoms. The first kappa shape index (κ1) is 19.6. The van der Waals surface area contributed by atoms with E-state index in [2.05, 4.69) is 5.32 Å². The van der Waals surface area contributed by atoms with Crippen LogP contribution < -0.4 is 10.2 Å². The third kappa shape index (κ3) is 3.77. The Kier molecular flexibility index (Phi) is 5.13. The maximum Gasteiger partial charge on any atom is 0.244 e. The van der Waals surface area contributed by atoms with Crippen molar-refractivity contribution in [2.45, 2.75) is 33.1 Å². The van der Waals surface area contributed by atoms with Gasteiger partial charge in [0.1, 0.15) is 12.4 Å². The minimum absolute atomic E-state index is 0.0749. The number of benzene rings is 2. The molecule has 2 aromatic carbocycles. The van der Waals surface area contributed by atoms with Crippen LogP contribution in [-0.4, -0.2) is 24.1 Å². The molecule has 7 heteroatoms. The molecule has 0 radical (unpaired) electrons. The molecule has 1 atom stereocenters. The lowest BCUT2D eigenvalue weighted by molar-refractivity contribution is -0.122. The minimum Gasteiger partial charge on any atom is -0.324 e. The topological polar surface area (TPSA) is 61.8 Å². The predicted molar refractivity (Wildman–Crippen MR) is 113 cm³/mol. The average molecular weight is 414 g/mol. The van der Waals surface area contributed by atoms with Gasteiger partial charge in [-0.05, 0) is 74.6 Å². The first-order valence-electron chi connectivity index (χ1n) is 9.58. The molecule has 2 amide bonds. The molecular weight excluding hydrogens is 393 g/mol. The van der Waals surface area contributed by atoms with Crippen molar-refractivity contribution in [2.24, 2.45) is 10.9 Å². The summed E-state index contributed by atoms with van der Waals surface area (Å²) >= 11 is 5.79. The highest BCUT2D eigenvalue weighted by Crippen LogP contribution is 2.39. The Morgan fingerprint density at radius 3 is 2.79 bits per heavy atom. The maximum atomic E-state index is 13.4. The van der Waals surface area contributed by atoms with Gasteiger partial charge in [-0.1, -0.05) is 11.6 Å². The maximum absolute atomic E-state index is 13.4. The van der Waals surface area contributed by atoms with Crippen molar-refractivity contribution in [3.8, 4) is 0 Å². The van der Waals surface area contributed by atoms with E-state index in [1.165, 1.54) is 23.1 Å². The van der Waals surface area contributed by atoms with Gasteiger partial charge in [-0.2, -0.15) is 0 Å². The number of hydrogen-bond donors (Lipinski definition) is 1. The third-order valence-corrected chi connectivity index (χ3v) is 5.83. The van der Waals surface area contributed by atoms with Crippen LogP contribution in [0.2, 0.25) is 5.02 Å². The Morgan fingerprint density at radius 2 is 2.03 bits per heavy atom. The number of halogens is 2. The first-order chi connectivity index (χ1) is 13.8. The lowest BCUT2D eigenvalue weighted by Crippen LogP contribution is -2.42. The van der Waals surface area contributed by atoms with Crippen molar-refractivity contribution in [1.29, 1.82) is 0 Å². The number of fused-ring (bicyclic) bond motifs is 2. The summed E-state index contributed by atoms with van der Waals surface area (Å²) in [4.78, 5) is 32.3. The second-order valence-electron chi connectivity index (χ2n) is 7.57. The minimum atomic E-state index is -0.557. The normalized spacial score (nSPS) is 18.1. The molecule has 150 valence electrons. The van der Waals surface area contributed by atoms with E-state index in [0.717, 1.165) is 41.8 Å². The highest BCUT2D eigenvalue weighted by molar-refractivity contribution is 6.31.